The third kappa shape index (κ3) is 8.85. The molecule has 0 amide bonds. The summed E-state index contributed by atoms with van der Waals surface area (Å²) in [5.74, 6) is 0. The Bertz CT molecular complexity index is 8.00. The van der Waals surface area contributed by atoms with Crippen LogP contribution in [0.4, 0.5) is 0 Å². The molecule has 0 rings (SSSR count). The van der Waals surface area contributed by atoms with Gasteiger partial charge in [-0.1, -0.05) is 0 Å². The molecule has 0 saturated carbocycles. The van der Waals surface area contributed by atoms with Crippen molar-refractivity contribution in [2.75, 3.05) is 0 Å². The van der Waals surface area contributed by atoms with Crippen molar-refractivity contribution >= 4 is 27.3 Å². The Morgan fingerprint density at radius 3 is 1.00 bits per heavy atom. The summed E-state index contributed by atoms with van der Waals surface area (Å²) in [5, 5.41) is 0. The van der Waals surface area contributed by atoms with Gasteiger partial charge < -0.3 is 5.48 Å². The second-order valence-electron chi connectivity index (χ2n) is 0. The van der Waals surface area contributed by atoms with E-state index in [-0.39, 0.29) is 74.5 Å². The Balaban J connectivity index is 0. The zero-order valence-electron chi connectivity index (χ0n) is 2.19. The van der Waals surface area contributed by atoms with Gasteiger partial charge in [0.25, 0.3) is 0 Å². The van der Waals surface area contributed by atoms with Gasteiger partial charge in [0.15, 0.2) is 0 Å². The van der Waals surface area contributed by atoms with Crippen LogP contribution in [0.3, 0.4) is 0 Å². The Hall–Kier alpha value is 2.30. The first kappa shape index (κ1) is 33.5. The van der Waals surface area contributed by atoms with Crippen LogP contribution in [0.1, 0.15) is 0 Å². The Morgan fingerprint density at radius 2 is 1.00 bits per heavy atom. The molecule has 0 aromatic heterocycles. The molecule has 1 atom stereocenters. The molecular weight excluding hydrogens is 214 g/mol. The molecule has 1 unspecified atom stereocenters. The summed E-state index contributed by atoms with van der Waals surface area (Å²) >= 11 is 0. The fourth-order valence-electron chi connectivity index (χ4n) is 0. The Labute approximate surface area is 73.4 Å². The molecule has 4 heteroatoms. The summed E-state index contributed by atoms with van der Waals surface area (Å²) in [6.45, 7) is 0. The normalized spacial score (nSPS) is 0. The number of hydrogen-bond donors (Lipinski definition) is 0. The molecule has 0 fully saturated rings. The molecule has 4 heavy (non-hydrogen) atoms. The maximum Gasteiger partial charge on any atom is 3.00 e. The van der Waals surface area contributed by atoms with Crippen LogP contribution in [0.15, 0.2) is 0 Å². The van der Waals surface area contributed by atoms with Crippen molar-refractivity contribution in [3.63, 3.8) is 0 Å². The minimum absolute atomic E-state index is 0. The van der Waals surface area contributed by atoms with Crippen molar-refractivity contribution < 1.29 is 47.2 Å². The molecule has 1 radical (unpaired) electrons. The molecular formula is H3AlCeOP+4. The van der Waals surface area contributed by atoms with Crippen molar-refractivity contribution in [1.82, 2.24) is 0 Å². The van der Waals surface area contributed by atoms with Crippen molar-refractivity contribution in [2.24, 2.45) is 0 Å². The summed E-state index contributed by atoms with van der Waals surface area (Å²) in [6.07, 6.45) is 0. The summed E-state index contributed by atoms with van der Waals surface area (Å²) in [5.41, 5.74) is 0. The number of hydrogen-bond acceptors (Lipinski definition) is 0. The van der Waals surface area contributed by atoms with Crippen LogP contribution in [-0.2, 0) is 5.48 Å². The molecule has 0 aliphatic heterocycles. The Morgan fingerprint density at radius 1 is 1.00 bits per heavy atom. The van der Waals surface area contributed by atoms with Gasteiger partial charge in [0.1, 0.15) is 0 Å². The minimum Gasteiger partial charge on any atom is -2.00 e. The van der Waals surface area contributed by atoms with E-state index in [0.29, 0.717) is 0 Å². The third-order valence-electron chi connectivity index (χ3n) is 0. The van der Waals surface area contributed by atoms with Crippen LogP contribution in [0, 0.1) is 41.7 Å². The second-order valence-corrected chi connectivity index (χ2v) is 0. The van der Waals surface area contributed by atoms with Crippen LogP contribution < -0.4 is 0 Å². The van der Waals surface area contributed by atoms with E-state index in [1.165, 1.54) is 0 Å². The first-order valence-corrected chi connectivity index (χ1v) is 0. The maximum absolute atomic E-state index is 0. The fraction of sp³-hybridized carbons (Fsp3) is 0. The van der Waals surface area contributed by atoms with Gasteiger partial charge in [-0.15, -0.1) is 0 Å². The van der Waals surface area contributed by atoms with Crippen LogP contribution in [-0.4, -0.2) is 17.4 Å². The molecule has 0 saturated heterocycles. The summed E-state index contributed by atoms with van der Waals surface area (Å²) in [6, 6.07) is 0. The Kier molecular flexibility index (Phi) is 155. The predicted octanol–water partition coefficient (Wildman–Crippen LogP) is -0.442. The molecule has 0 aromatic rings. The van der Waals surface area contributed by atoms with E-state index in [1.54, 1.807) is 0 Å². The molecule has 0 N–H and O–H groups in total. The van der Waals surface area contributed by atoms with E-state index < -0.39 is 0 Å². The third-order valence-corrected chi connectivity index (χ3v) is 0. The average Bonchev–Trinajstić information content (AvgIpc) is 0. The molecule has 1 nitrogen and oxygen atoms in total. The van der Waals surface area contributed by atoms with E-state index in [1.807, 2.05) is 0 Å². The molecule has 0 aliphatic rings. The van der Waals surface area contributed by atoms with Gasteiger partial charge in [-0.2, -0.15) is 9.90 Å². The van der Waals surface area contributed by atoms with Crippen LogP contribution >= 0.6 is 9.90 Å². The van der Waals surface area contributed by atoms with Crippen LogP contribution in [0.5, 0.6) is 0 Å². The van der Waals surface area contributed by atoms with Gasteiger partial charge in [-0.05, 0) is 0 Å². The maximum atomic E-state index is 0. The average molecular weight is 217 g/mol. The zero-order chi connectivity index (χ0) is 0. The number of rotatable bonds is 0. The largest absolute Gasteiger partial charge is 3.00 e. The summed E-state index contributed by atoms with van der Waals surface area (Å²) in [7, 11) is 0. The van der Waals surface area contributed by atoms with Crippen LogP contribution in [0.25, 0.3) is 0 Å². The first-order valence-electron chi connectivity index (χ1n) is 0. The standard InChI is InChI=1S/Al.Ce.O.H3P/h;;;1H3/q2*+3;-2;. The van der Waals surface area contributed by atoms with Gasteiger partial charge in [-0.3, -0.25) is 0 Å². The van der Waals surface area contributed by atoms with Crippen LogP contribution in [0.2, 0.25) is 0 Å². The van der Waals surface area contributed by atoms with Gasteiger partial charge >= 0.3 is 59.1 Å². The van der Waals surface area contributed by atoms with E-state index in [4.69, 9.17) is 0 Å². The fourth-order valence-corrected chi connectivity index (χ4v) is 0. The van der Waals surface area contributed by atoms with E-state index in [2.05, 4.69) is 0 Å². The quantitative estimate of drug-likeness (QED) is 0.388. The van der Waals surface area contributed by atoms with Crippen molar-refractivity contribution in [3.05, 3.63) is 0 Å². The molecule has 0 heterocycles. The smallest absolute Gasteiger partial charge is 2.00 e. The molecule has 0 spiro atoms. The second kappa shape index (κ2) is 18.5. The zero-order valence-corrected chi connectivity index (χ0v) is 7.90. The molecule has 0 aromatic carbocycles. The van der Waals surface area contributed by atoms with Gasteiger partial charge in [0, 0.05) is 0 Å². The van der Waals surface area contributed by atoms with Crippen molar-refractivity contribution in [3.8, 4) is 0 Å². The van der Waals surface area contributed by atoms with Gasteiger partial charge in [0.05, 0.1) is 0 Å². The van der Waals surface area contributed by atoms with Gasteiger partial charge in [0.2, 0.25) is 0 Å². The SMILES string of the molecule is P.[Al+3].[Ce+3].[O-2]. The first-order chi connectivity index (χ1) is 0. The molecule has 17 valence electrons. The molecule has 0 aliphatic carbocycles. The van der Waals surface area contributed by atoms with Gasteiger partial charge in [-0.25, -0.2) is 0 Å². The van der Waals surface area contributed by atoms with Crippen molar-refractivity contribution in [2.45, 2.75) is 0 Å². The van der Waals surface area contributed by atoms with Crippen molar-refractivity contribution in [1.29, 1.82) is 0 Å². The minimum atomic E-state index is 0. The predicted molar refractivity (Wildman–Crippen MR) is 17.5 cm³/mol. The van der Waals surface area contributed by atoms with E-state index in [9.17, 15) is 0 Å². The van der Waals surface area contributed by atoms with E-state index in [0.717, 1.165) is 0 Å². The monoisotopic (exact) mass is 217 g/mol. The summed E-state index contributed by atoms with van der Waals surface area (Å²) in [4.78, 5) is 0. The van der Waals surface area contributed by atoms with E-state index >= 15 is 0 Å². The topological polar surface area (TPSA) is 28.5 Å². The summed E-state index contributed by atoms with van der Waals surface area (Å²) < 4.78 is 0. The molecule has 0 bridgehead atoms.